The van der Waals surface area contributed by atoms with Crippen LogP contribution < -0.4 is 10.1 Å². The number of imidazole rings is 1. The molecule has 0 aliphatic carbocycles. The van der Waals surface area contributed by atoms with Crippen LogP contribution in [0.25, 0.3) is 16.6 Å². The van der Waals surface area contributed by atoms with Crippen LogP contribution >= 0.6 is 0 Å². The van der Waals surface area contributed by atoms with Crippen molar-refractivity contribution in [1.82, 2.24) is 19.7 Å². The lowest BCUT2D eigenvalue weighted by molar-refractivity contribution is 0.0953. The molecular formula is C26H24N4O2. The minimum Gasteiger partial charge on any atom is -0.487 e. The topological polar surface area (TPSA) is 71.4 Å². The fourth-order valence-electron chi connectivity index (χ4n) is 3.91. The van der Waals surface area contributed by atoms with Gasteiger partial charge in [-0.2, -0.15) is 0 Å². The number of nitrogens with zero attached hydrogens (tertiary/aromatic N) is 2. The van der Waals surface area contributed by atoms with E-state index in [-0.39, 0.29) is 5.91 Å². The number of nitrogens with one attached hydrogen (secondary N) is 2. The number of benzene rings is 2. The van der Waals surface area contributed by atoms with Gasteiger partial charge in [0.2, 0.25) is 0 Å². The number of fused-ring (bicyclic) bond motifs is 2. The zero-order valence-electron chi connectivity index (χ0n) is 17.8. The number of para-hydroxylation sites is 1. The molecule has 5 aromatic rings. The van der Waals surface area contributed by atoms with E-state index in [9.17, 15) is 4.79 Å². The Hall–Kier alpha value is -4.06. The Morgan fingerprint density at radius 2 is 2.03 bits per heavy atom. The number of aryl methyl sites for hydroxylation is 1. The number of rotatable bonds is 7. The minimum absolute atomic E-state index is 0.112. The van der Waals surface area contributed by atoms with Crippen molar-refractivity contribution in [2.45, 2.75) is 20.0 Å². The zero-order valence-corrected chi connectivity index (χ0v) is 17.8. The molecule has 0 fully saturated rings. The van der Waals surface area contributed by atoms with Gasteiger partial charge in [0.15, 0.2) is 0 Å². The van der Waals surface area contributed by atoms with E-state index in [2.05, 4.69) is 27.4 Å². The van der Waals surface area contributed by atoms with Gasteiger partial charge in [-0.1, -0.05) is 30.3 Å². The summed E-state index contributed by atoms with van der Waals surface area (Å²) < 4.78 is 7.90. The van der Waals surface area contributed by atoms with E-state index in [1.807, 2.05) is 66.3 Å². The highest BCUT2D eigenvalue weighted by Crippen LogP contribution is 2.19. The third kappa shape index (κ3) is 4.07. The van der Waals surface area contributed by atoms with E-state index >= 15 is 0 Å². The first-order chi connectivity index (χ1) is 15.7. The van der Waals surface area contributed by atoms with Crippen molar-refractivity contribution in [3.05, 3.63) is 102 Å². The number of hydrogen-bond acceptors (Lipinski definition) is 3. The summed E-state index contributed by atoms with van der Waals surface area (Å²) in [6.07, 6.45) is 6.70. The van der Waals surface area contributed by atoms with Crippen LogP contribution in [-0.2, 0) is 13.0 Å². The molecular weight excluding hydrogens is 400 g/mol. The predicted octanol–water partition coefficient (Wildman–Crippen LogP) is 4.68. The Balaban J connectivity index is 1.19. The number of amides is 1. The maximum Gasteiger partial charge on any atom is 0.251 e. The summed E-state index contributed by atoms with van der Waals surface area (Å²) >= 11 is 0. The Kier molecular flexibility index (Phi) is 5.34. The maximum absolute atomic E-state index is 12.6. The van der Waals surface area contributed by atoms with E-state index in [4.69, 9.17) is 4.74 Å². The molecule has 3 heterocycles. The summed E-state index contributed by atoms with van der Waals surface area (Å²) in [5, 5.41) is 4.20. The number of aromatic nitrogens is 3. The van der Waals surface area contributed by atoms with Crippen LogP contribution in [0.5, 0.6) is 5.75 Å². The van der Waals surface area contributed by atoms with Crippen molar-refractivity contribution in [3.8, 4) is 5.75 Å². The van der Waals surface area contributed by atoms with E-state index in [0.29, 0.717) is 24.5 Å². The molecule has 5 rings (SSSR count). The van der Waals surface area contributed by atoms with Gasteiger partial charge < -0.3 is 19.4 Å². The molecule has 0 aliphatic heterocycles. The molecule has 2 aromatic carbocycles. The summed E-state index contributed by atoms with van der Waals surface area (Å²) in [6.45, 7) is 2.94. The molecule has 2 N–H and O–H groups in total. The first-order valence-electron chi connectivity index (χ1n) is 10.7. The quantitative estimate of drug-likeness (QED) is 0.399. The van der Waals surface area contributed by atoms with E-state index in [1.54, 1.807) is 12.1 Å². The highest BCUT2D eigenvalue weighted by molar-refractivity contribution is 5.94. The van der Waals surface area contributed by atoms with Gasteiger partial charge >= 0.3 is 0 Å². The summed E-state index contributed by atoms with van der Waals surface area (Å²) in [5.41, 5.74) is 5.76. The Labute approximate surface area is 185 Å². The van der Waals surface area contributed by atoms with E-state index < -0.39 is 0 Å². The second-order valence-electron chi connectivity index (χ2n) is 7.84. The number of carbonyl (C=O) groups is 1. The van der Waals surface area contributed by atoms with E-state index in [1.165, 1.54) is 10.9 Å². The van der Waals surface area contributed by atoms with E-state index in [0.717, 1.165) is 28.8 Å². The second-order valence-corrected chi connectivity index (χ2v) is 7.84. The molecule has 0 unspecified atom stereocenters. The number of ether oxygens (including phenoxy) is 1. The molecule has 1 amide bonds. The molecule has 6 heteroatoms. The molecule has 6 nitrogen and oxygen atoms in total. The van der Waals surface area contributed by atoms with Gasteiger partial charge in [0, 0.05) is 41.6 Å². The average Bonchev–Trinajstić information content (AvgIpc) is 3.43. The van der Waals surface area contributed by atoms with Gasteiger partial charge in [-0.3, -0.25) is 4.79 Å². The Morgan fingerprint density at radius 3 is 2.94 bits per heavy atom. The van der Waals surface area contributed by atoms with Crippen molar-refractivity contribution in [3.63, 3.8) is 0 Å². The van der Waals surface area contributed by atoms with Gasteiger partial charge in [0.1, 0.15) is 18.0 Å². The molecule has 3 aromatic heterocycles. The Morgan fingerprint density at radius 1 is 1.12 bits per heavy atom. The molecule has 0 spiro atoms. The molecule has 0 atom stereocenters. The fourth-order valence-corrected chi connectivity index (χ4v) is 3.91. The Bertz CT molecular complexity index is 1400. The number of carbonyl (C=O) groups excluding carboxylic acids is 1. The highest BCUT2D eigenvalue weighted by Gasteiger charge is 2.09. The molecule has 0 radical (unpaired) electrons. The smallest absolute Gasteiger partial charge is 0.251 e. The van der Waals surface area contributed by atoms with Gasteiger partial charge in [-0.05, 0) is 54.8 Å². The summed E-state index contributed by atoms with van der Waals surface area (Å²) in [5.74, 6) is 0.529. The number of hydrogen-bond donors (Lipinski definition) is 2. The van der Waals surface area contributed by atoms with Crippen molar-refractivity contribution < 1.29 is 9.53 Å². The standard InChI is InChI=1S/C26H24N4O2/c1-18-6-5-13-30-16-21(29-25(18)30)17-32-22-8-4-7-19(14-22)26(31)27-12-11-20-15-28-24-10-3-2-9-23(20)24/h2-10,13-16,28H,11-12,17H2,1H3,(H,27,31). The molecule has 0 saturated carbocycles. The fraction of sp³-hybridized carbons (Fsp3) is 0.154. The zero-order chi connectivity index (χ0) is 21.9. The third-order valence-electron chi connectivity index (χ3n) is 5.57. The minimum atomic E-state index is -0.112. The van der Waals surface area contributed by atoms with Crippen molar-refractivity contribution in [2.75, 3.05) is 6.54 Å². The van der Waals surface area contributed by atoms with Crippen LogP contribution in [0, 0.1) is 6.92 Å². The molecule has 160 valence electrons. The molecule has 0 bridgehead atoms. The van der Waals surface area contributed by atoms with Gasteiger partial charge in [0.25, 0.3) is 5.91 Å². The second kappa shape index (κ2) is 8.59. The third-order valence-corrected chi connectivity index (χ3v) is 5.57. The van der Waals surface area contributed by atoms with Crippen molar-refractivity contribution in [1.29, 1.82) is 0 Å². The normalized spacial score (nSPS) is 11.2. The van der Waals surface area contributed by atoms with Crippen LogP contribution in [-0.4, -0.2) is 26.8 Å². The van der Waals surface area contributed by atoms with Gasteiger partial charge in [0.05, 0.1) is 5.69 Å². The lowest BCUT2D eigenvalue weighted by Crippen LogP contribution is -2.25. The summed E-state index contributed by atoms with van der Waals surface area (Å²) in [4.78, 5) is 20.5. The van der Waals surface area contributed by atoms with Crippen LogP contribution in [0.3, 0.4) is 0 Å². The maximum atomic E-state index is 12.6. The highest BCUT2D eigenvalue weighted by atomic mass is 16.5. The number of aromatic amines is 1. The largest absolute Gasteiger partial charge is 0.487 e. The monoisotopic (exact) mass is 424 g/mol. The average molecular weight is 425 g/mol. The first-order valence-corrected chi connectivity index (χ1v) is 10.7. The van der Waals surface area contributed by atoms with Crippen LogP contribution in [0.4, 0.5) is 0 Å². The molecule has 32 heavy (non-hydrogen) atoms. The number of H-pyrrole nitrogens is 1. The lowest BCUT2D eigenvalue weighted by atomic mass is 10.1. The van der Waals surface area contributed by atoms with Crippen LogP contribution in [0.15, 0.2) is 79.3 Å². The van der Waals surface area contributed by atoms with Crippen LogP contribution in [0.2, 0.25) is 0 Å². The molecule has 0 saturated heterocycles. The number of pyridine rings is 1. The van der Waals surface area contributed by atoms with Crippen LogP contribution in [0.1, 0.15) is 27.2 Å². The molecule has 0 aliphatic rings. The SMILES string of the molecule is Cc1cccn2cc(COc3cccc(C(=O)NCCc4c[nH]c5ccccc45)c3)nc12. The van der Waals surface area contributed by atoms with Crippen molar-refractivity contribution >= 4 is 22.5 Å². The van der Waals surface area contributed by atoms with Gasteiger partial charge in [-0.25, -0.2) is 4.98 Å². The van der Waals surface area contributed by atoms with Gasteiger partial charge in [-0.15, -0.1) is 0 Å². The summed E-state index contributed by atoms with van der Waals surface area (Å²) in [6, 6.07) is 19.5. The summed E-state index contributed by atoms with van der Waals surface area (Å²) in [7, 11) is 0. The predicted molar refractivity (Wildman–Crippen MR) is 125 cm³/mol. The van der Waals surface area contributed by atoms with Crippen molar-refractivity contribution in [2.24, 2.45) is 0 Å². The lowest BCUT2D eigenvalue weighted by Gasteiger charge is -2.08. The first kappa shape index (κ1) is 19.9.